The molecule has 1 atom stereocenters. The number of thioether (sulfide) groups is 1. The fraction of sp³-hybridized carbons (Fsp3) is 0.462. The molecule has 0 amide bonds. The predicted octanol–water partition coefficient (Wildman–Crippen LogP) is 2.72. The Labute approximate surface area is 106 Å². The predicted molar refractivity (Wildman–Crippen MR) is 72.2 cm³/mol. The maximum atomic E-state index is 10.8. The molecule has 0 saturated carbocycles. The van der Waals surface area contributed by atoms with E-state index in [0.717, 1.165) is 24.5 Å². The topological polar surface area (TPSA) is 40.5 Å². The molecule has 3 nitrogen and oxygen atoms in total. The van der Waals surface area contributed by atoms with Crippen LogP contribution in [0.3, 0.4) is 0 Å². The Morgan fingerprint density at radius 2 is 2.18 bits per heavy atom. The van der Waals surface area contributed by atoms with Crippen molar-refractivity contribution in [3.8, 4) is 0 Å². The highest BCUT2D eigenvalue weighted by atomic mass is 32.2. The van der Waals surface area contributed by atoms with Crippen molar-refractivity contribution in [2.24, 2.45) is 0 Å². The van der Waals surface area contributed by atoms with Gasteiger partial charge in [-0.1, -0.05) is 6.92 Å². The first-order chi connectivity index (χ1) is 8.20. The summed E-state index contributed by atoms with van der Waals surface area (Å²) in [5.41, 5.74) is 1.49. The standard InChI is InChI=1S/C13H17NO2S/c1-2-12-9-14(7-8-17-12)11-5-3-10(4-6-11)13(15)16/h3-6,12H,2,7-9H2,1H3,(H,15,16). The van der Waals surface area contributed by atoms with Crippen molar-refractivity contribution in [1.29, 1.82) is 0 Å². The van der Waals surface area contributed by atoms with Gasteiger partial charge in [0.25, 0.3) is 0 Å². The Kier molecular flexibility index (Phi) is 3.94. The smallest absolute Gasteiger partial charge is 0.335 e. The van der Waals surface area contributed by atoms with Gasteiger partial charge in [-0.25, -0.2) is 4.79 Å². The largest absolute Gasteiger partial charge is 0.478 e. The molecule has 1 saturated heterocycles. The molecule has 1 unspecified atom stereocenters. The average Bonchev–Trinajstić information content (AvgIpc) is 2.39. The van der Waals surface area contributed by atoms with Gasteiger partial charge < -0.3 is 10.0 Å². The molecule has 2 rings (SSSR count). The van der Waals surface area contributed by atoms with Crippen molar-refractivity contribution in [2.75, 3.05) is 23.7 Å². The molecule has 1 N–H and O–H groups in total. The van der Waals surface area contributed by atoms with E-state index in [9.17, 15) is 4.79 Å². The Morgan fingerprint density at radius 3 is 2.76 bits per heavy atom. The molecule has 1 aromatic carbocycles. The van der Waals surface area contributed by atoms with E-state index < -0.39 is 5.97 Å². The minimum Gasteiger partial charge on any atom is -0.478 e. The highest BCUT2D eigenvalue weighted by molar-refractivity contribution is 8.00. The zero-order valence-electron chi connectivity index (χ0n) is 9.93. The van der Waals surface area contributed by atoms with E-state index in [1.165, 1.54) is 6.42 Å². The van der Waals surface area contributed by atoms with Crippen LogP contribution in [0.5, 0.6) is 0 Å². The van der Waals surface area contributed by atoms with E-state index in [1.54, 1.807) is 12.1 Å². The van der Waals surface area contributed by atoms with Gasteiger partial charge in [0.05, 0.1) is 5.56 Å². The fourth-order valence-corrected chi connectivity index (χ4v) is 3.20. The molecule has 4 heteroatoms. The van der Waals surface area contributed by atoms with Crippen LogP contribution in [0.4, 0.5) is 5.69 Å². The van der Waals surface area contributed by atoms with Crippen LogP contribution in [0.25, 0.3) is 0 Å². The lowest BCUT2D eigenvalue weighted by molar-refractivity contribution is 0.0697. The van der Waals surface area contributed by atoms with Crippen molar-refractivity contribution in [3.63, 3.8) is 0 Å². The summed E-state index contributed by atoms with van der Waals surface area (Å²) >= 11 is 2.03. The SMILES string of the molecule is CCC1CN(c2ccc(C(=O)O)cc2)CCS1. The van der Waals surface area contributed by atoms with Crippen molar-refractivity contribution in [3.05, 3.63) is 29.8 Å². The van der Waals surface area contributed by atoms with Crippen molar-refractivity contribution < 1.29 is 9.90 Å². The lowest BCUT2D eigenvalue weighted by Gasteiger charge is -2.33. The Balaban J connectivity index is 2.08. The normalized spacial score (nSPS) is 20.3. The maximum Gasteiger partial charge on any atom is 0.335 e. The van der Waals surface area contributed by atoms with Gasteiger partial charge in [0.1, 0.15) is 0 Å². The summed E-state index contributed by atoms with van der Waals surface area (Å²) in [6, 6.07) is 7.18. The Morgan fingerprint density at radius 1 is 1.47 bits per heavy atom. The van der Waals surface area contributed by atoms with Crippen molar-refractivity contribution in [1.82, 2.24) is 0 Å². The van der Waals surface area contributed by atoms with Gasteiger partial charge in [-0.2, -0.15) is 11.8 Å². The molecular weight excluding hydrogens is 234 g/mol. The van der Waals surface area contributed by atoms with Crippen molar-refractivity contribution in [2.45, 2.75) is 18.6 Å². The highest BCUT2D eigenvalue weighted by Crippen LogP contribution is 2.25. The lowest BCUT2D eigenvalue weighted by Crippen LogP contribution is -2.37. The summed E-state index contributed by atoms with van der Waals surface area (Å²) in [6.07, 6.45) is 1.19. The Hall–Kier alpha value is -1.16. The molecule has 1 aromatic rings. The van der Waals surface area contributed by atoms with E-state index in [1.807, 2.05) is 23.9 Å². The number of anilines is 1. The van der Waals surface area contributed by atoms with Crippen molar-refractivity contribution >= 4 is 23.4 Å². The van der Waals surface area contributed by atoms with Gasteiger partial charge >= 0.3 is 5.97 Å². The van der Waals surface area contributed by atoms with E-state index >= 15 is 0 Å². The number of rotatable bonds is 3. The minimum atomic E-state index is -0.864. The van der Waals surface area contributed by atoms with Gasteiger partial charge in [-0.15, -0.1) is 0 Å². The molecule has 1 aliphatic rings. The molecule has 0 aliphatic carbocycles. The van der Waals surface area contributed by atoms with Gasteiger partial charge in [-0.05, 0) is 30.7 Å². The molecule has 0 bridgehead atoms. The summed E-state index contributed by atoms with van der Waals surface area (Å²) in [5.74, 6) is 0.288. The summed E-state index contributed by atoms with van der Waals surface area (Å²) in [4.78, 5) is 13.1. The van der Waals surface area contributed by atoms with Gasteiger partial charge in [-0.3, -0.25) is 0 Å². The summed E-state index contributed by atoms with van der Waals surface area (Å²) in [7, 11) is 0. The lowest BCUT2D eigenvalue weighted by atomic mass is 10.2. The quantitative estimate of drug-likeness (QED) is 0.896. The summed E-state index contributed by atoms with van der Waals surface area (Å²) in [6.45, 7) is 4.33. The molecule has 17 heavy (non-hydrogen) atoms. The summed E-state index contributed by atoms with van der Waals surface area (Å²) in [5, 5.41) is 9.55. The van der Waals surface area contributed by atoms with E-state index in [2.05, 4.69) is 11.8 Å². The van der Waals surface area contributed by atoms with Gasteiger partial charge in [0.15, 0.2) is 0 Å². The highest BCUT2D eigenvalue weighted by Gasteiger charge is 2.19. The van der Waals surface area contributed by atoms with E-state index in [0.29, 0.717) is 10.8 Å². The minimum absolute atomic E-state index is 0.354. The number of aromatic carboxylic acids is 1. The van der Waals surface area contributed by atoms with Crippen LogP contribution in [0.2, 0.25) is 0 Å². The molecule has 0 radical (unpaired) electrons. The zero-order valence-corrected chi connectivity index (χ0v) is 10.7. The molecule has 1 fully saturated rings. The number of nitrogens with zero attached hydrogens (tertiary/aromatic N) is 1. The third-order valence-electron chi connectivity index (χ3n) is 3.07. The maximum absolute atomic E-state index is 10.8. The fourth-order valence-electron chi connectivity index (χ4n) is 2.02. The average molecular weight is 251 g/mol. The first-order valence-electron chi connectivity index (χ1n) is 5.90. The van der Waals surface area contributed by atoms with Gasteiger partial charge in [0, 0.05) is 29.8 Å². The summed E-state index contributed by atoms with van der Waals surface area (Å²) < 4.78 is 0. The molecule has 1 aliphatic heterocycles. The monoisotopic (exact) mass is 251 g/mol. The second-order valence-corrected chi connectivity index (χ2v) is 5.61. The second-order valence-electron chi connectivity index (χ2n) is 4.20. The Bertz CT molecular complexity index is 391. The number of hydrogen-bond donors (Lipinski definition) is 1. The van der Waals surface area contributed by atoms with E-state index in [4.69, 9.17) is 5.11 Å². The first kappa shape index (κ1) is 12.3. The molecule has 0 aromatic heterocycles. The van der Waals surface area contributed by atoms with Gasteiger partial charge in [0.2, 0.25) is 0 Å². The van der Waals surface area contributed by atoms with Crippen LogP contribution in [-0.4, -0.2) is 35.2 Å². The van der Waals surface area contributed by atoms with Crippen LogP contribution in [-0.2, 0) is 0 Å². The number of carbonyl (C=O) groups is 1. The zero-order chi connectivity index (χ0) is 12.3. The van der Waals surface area contributed by atoms with Crippen LogP contribution < -0.4 is 4.90 Å². The molecule has 92 valence electrons. The third kappa shape index (κ3) is 2.94. The number of carboxylic acid groups (broad SMARTS) is 1. The molecule has 1 heterocycles. The first-order valence-corrected chi connectivity index (χ1v) is 6.95. The number of hydrogen-bond acceptors (Lipinski definition) is 3. The van der Waals surface area contributed by atoms with Crippen LogP contribution in [0.15, 0.2) is 24.3 Å². The molecular formula is C13H17NO2S. The van der Waals surface area contributed by atoms with Crippen LogP contribution in [0.1, 0.15) is 23.7 Å². The second kappa shape index (κ2) is 5.45. The molecule has 0 spiro atoms. The van der Waals surface area contributed by atoms with Crippen LogP contribution in [0, 0.1) is 0 Å². The van der Waals surface area contributed by atoms with E-state index in [-0.39, 0.29) is 0 Å². The van der Waals surface area contributed by atoms with Crippen LogP contribution >= 0.6 is 11.8 Å². The number of carboxylic acids is 1. The number of benzene rings is 1. The third-order valence-corrected chi connectivity index (χ3v) is 4.45.